The van der Waals surface area contributed by atoms with Gasteiger partial charge in [-0.25, -0.2) is 0 Å². The van der Waals surface area contributed by atoms with Crippen molar-refractivity contribution in [2.24, 2.45) is 0 Å². The summed E-state index contributed by atoms with van der Waals surface area (Å²) in [5.74, 6) is 0.920. The summed E-state index contributed by atoms with van der Waals surface area (Å²) in [6.07, 6.45) is 1.85. The van der Waals surface area contributed by atoms with E-state index in [0.717, 1.165) is 30.6 Å². The molecule has 0 amide bonds. The van der Waals surface area contributed by atoms with Crippen LogP contribution in [0.15, 0.2) is 18.2 Å². The Kier molecular flexibility index (Phi) is 2.36. The smallest absolute Gasteiger partial charge is 0.138 e. The average molecular weight is 241 g/mol. The van der Waals surface area contributed by atoms with Crippen molar-refractivity contribution in [2.45, 2.75) is 11.2 Å². The molecular formula is C10H9BrO2. The van der Waals surface area contributed by atoms with Crippen LogP contribution < -0.4 is 4.74 Å². The van der Waals surface area contributed by atoms with Crippen molar-refractivity contribution in [2.75, 3.05) is 6.61 Å². The van der Waals surface area contributed by atoms with Gasteiger partial charge in [0.25, 0.3) is 0 Å². The van der Waals surface area contributed by atoms with Gasteiger partial charge in [-0.1, -0.05) is 28.1 Å². The molecule has 0 radical (unpaired) electrons. The molecule has 2 nitrogen and oxygen atoms in total. The maximum Gasteiger partial charge on any atom is 0.138 e. The molecule has 3 heteroatoms. The molecule has 68 valence electrons. The first-order chi connectivity index (χ1) is 6.31. The maximum atomic E-state index is 10.5. The molecule has 0 fully saturated rings. The minimum absolute atomic E-state index is 0.220. The van der Waals surface area contributed by atoms with Crippen LogP contribution in [-0.2, 0) is 11.2 Å². The van der Waals surface area contributed by atoms with Gasteiger partial charge in [-0.3, -0.25) is 0 Å². The molecule has 0 aromatic heterocycles. The van der Waals surface area contributed by atoms with Crippen LogP contribution >= 0.6 is 15.9 Å². The number of halogens is 1. The molecule has 1 atom stereocenters. The average Bonchev–Trinajstić information content (AvgIpc) is 2.63. The van der Waals surface area contributed by atoms with Gasteiger partial charge in [0.05, 0.1) is 11.4 Å². The number of alkyl halides is 1. The van der Waals surface area contributed by atoms with Crippen molar-refractivity contribution in [1.82, 2.24) is 0 Å². The Bertz CT molecular complexity index is 336. The standard InChI is InChI=1S/C10H9BrO2/c11-9(6-12)8-2-1-7-3-4-13-10(7)5-8/h1-2,5-6,9H,3-4H2. The van der Waals surface area contributed by atoms with Gasteiger partial charge in [0.1, 0.15) is 12.0 Å². The van der Waals surface area contributed by atoms with E-state index in [1.54, 1.807) is 0 Å². The van der Waals surface area contributed by atoms with Crippen molar-refractivity contribution in [3.63, 3.8) is 0 Å². The summed E-state index contributed by atoms with van der Waals surface area (Å²) in [5.41, 5.74) is 2.19. The zero-order valence-electron chi connectivity index (χ0n) is 7.00. The van der Waals surface area contributed by atoms with E-state index in [0.29, 0.717) is 0 Å². The van der Waals surface area contributed by atoms with Gasteiger partial charge in [-0.05, 0) is 17.2 Å². The van der Waals surface area contributed by atoms with E-state index >= 15 is 0 Å². The summed E-state index contributed by atoms with van der Waals surface area (Å²) in [5, 5.41) is 0. The highest BCUT2D eigenvalue weighted by Gasteiger charge is 2.14. The summed E-state index contributed by atoms with van der Waals surface area (Å²) in [6, 6.07) is 5.91. The Labute approximate surface area is 85.0 Å². The Morgan fingerprint density at radius 3 is 3.15 bits per heavy atom. The van der Waals surface area contributed by atoms with Crippen molar-refractivity contribution in [3.8, 4) is 5.75 Å². The van der Waals surface area contributed by atoms with Gasteiger partial charge in [-0.15, -0.1) is 0 Å². The lowest BCUT2D eigenvalue weighted by molar-refractivity contribution is -0.107. The van der Waals surface area contributed by atoms with E-state index in [1.165, 1.54) is 5.56 Å². The van der Waals surface area contributed by atoms with Crippen LogP contribution in [0.4, 0.5) is 0 Å². The molecule has 0 aliphatic carbocycles. The highest BCUT2D eigenvalue weighted by atomic mass is 79.9. The molecule has 1 aliphatic heterocycles. The second-order valence-electron chi connectivity index (χ2n) is 3.00. The molecule has 1 aromatic rings. The highest BCUT2D eigenvalue weighted by Crippen LogP contribution is 2.30. The number of fused-ring (bicyclic) bond motifs is 1. The number of ether oxygens (including phenoxy) is 1. The lowest BCUT2D eigenvalue weighted by Gasteiger charge is -2.04. The number of carbonyl (C=O) groups excluding carboxylic acids is 1. The first kappa shape index (κ1) is 8.75. The zero-order valence-corrected chi connectivity index (χ0v) is 8.58. The van der Waals surface area contributed by atoms with Gasteiger partial charge in [0, 0.05) is 6.42 Å². The number of carbonyl (C=O) groups is 1. The Balaban J connectivity index is 2.35. The molecule has 0 bridgehead atoms. The van der Waals surface area contributed by atoms with Crippen LogP contribution in [0.2, 0.25) is 0 Å². The fraction of sp³-hybridized carbons (Fsp3) is 0.300. The van der Waals surface area contributed by atoms with Crippen molar-refractivity contribution >= 4 is 22.2 Å². The third-order valence-electron chi connectivity index (χ3n) is 2.16. The summed E-state index contributed by atoms with van der Waals surface area (Å²) in [6.45, 7) is 0.757. The first-order valence-corrected chi connectivity index (χ1v) is 5.08. The molecule has 1 unspecified atom stereocenters. The number of aldehydes is 1. The minimum atomic E-state index is -0.220. The van der Waals surface area contributed by atoms with Crippen molar-refractivity contribution in [3.05, 3.63) is 29.3 Å². The van der Waals surface area contributed by atoms with Gasteiger partial charge in [0.2, 0.25) is 0 Å². The van der Waals surface area contributed by atoms with Gasteiger partial charge < -0.3 is 9.53 Å². The largest absolute Gasteiger partial charge is 0.493 e. The van der Waals surface area contributed by atoms with Crippen LogP contribution in [-0.4, -0.2) is 12.9 Å². The van der Waals surface area contributed by atoms with E-state index in [9.17, 15) is 4.79 Å². The van der Waals surface area contributed by atoms with Crippen LogP contribution in [0.3, 0.4) is 0 Å². The summed E-state index contributed by atoms with van der Waals surface area (Å²) in [4.78, 5) is 10.3. The lowest BCUT2D eigenvalue weighted by Crippen LogP contribution is -1.91. The number of hydrogen-bond acceptors (Lipinski definition) is 2. The molecule has 0 spiro atoms. The quantitative estimate of drug-likeness (QED) is 0.586. The van der Waals surface area contributed by atoms with Gasteiger partial charge in [-0.2, -0.15) is 0 Å². The third kappa shape index (κ3) is 1.61. The lowest BCUT2D eigenvalue weighted by atomic mass is 10.1. The van der Waals surface area contributed by atoms with Crippen LogP contribution in [0.5, 0.6) is 5.75 Å². The van der Waals surface area contributed by atoms with Crippen molar-refractivity contribution < 1.29 is 9.53 Å². The zero-order chi connectivity index (χ0) is 9.26. The SMILES string of the molecule is O=CC(Br)c1ccc2c(c1)OCC2. The third-order valence-corrected chi connectivity index (χ3v) is 2.90. The van der Waals surface area contributed by atoms with E-state index in [4.69, 9.17) is 4.74 Å². The predicted octanol–water partition coefficient (Wildman–Crippen LogP) is 2.26. The van der Waals surface area contributed by atoms with Gasteiger partial charge >= 0.3 is 0 Å². The van der Waals surface area contributed by atoms with E-state index in [2.05, 4.69) is 15.9 Å². The van der Waals surface area contributed by atoms with E-state index in [1.807, 2.05) is 18.2 Å². The number of rotatable bonds is 2. The molecule has 13 heavy (non-hydrogen) atoms. The summed E-state index contributed by atoms with van der Waals surface area (Å²) >= 11 is 3.27. The van der Waals surface area contributed by atoms with Crippen molar-refractivity contribution in [1.29, 1.82) is 0 Å². The highest BCUT2D eigenvalue weighted by molar-refractivity contribution is 9.09. The fourth-order valence-corrected chi connectivity index (χ4v) is 1.72. The second-order valence-corrected chi connectivity index (χ2v) is 3.99. The maximum absolute atomic E-state index is 10.5. The molecule has 1 aromatic carbocycles. The van der Waals surface area contributed by atoms with E-state index in [-0.39, 0.29) is 4.83 Å². The van der Waals surface area contributed by atoms with Crippen LogP contribution in [0.25, 0.3) is 0 Å². The molecule has 0 saturated carbocycles. The topological polar surface area (TPSA) is 26.3 Å². The molecular weight excluding hydrogens is 232 g/mol. The molecule has 1 aliphatic rings. The number of benzene rings is 1. The normalized spacial score (nSPS) is 16.1. The minimum Gasteiger partial charge on any atom is -0.493 e. The molecule has 2 rings (SSSR count). The molecule has 0 N–H and O–H groups in total. The molecule has 0 saturated heterocycles. The molecule has 1 heterocycles. The van der Waals surface area contributed by atoms with E-state index < -0.39 is 0 Å². The Hall–Kier alpha value is -0.830. The summed E-state index contributed by atoms with van der Waals surface area (Å²) < 4.78 is 5.40. The van der Waals surface area contributed by atoms with Crippen LogP contribution in [0, 0.1) is 0 Å². The monoisotopic (exact) mass is 240 g/mol. The fourth-order valence-electron chi connectivity index (χ4n) is 1.43. The second kappa shape index (κ2) is 3.50. The predicted molar refractivity (Wildman–Crippen MR) is 53.4 cm³/mol. The Morgan fingerprint density at radius 1 is 1.54 bits per heavy atom. The number of hydrogen-bond donors (Lipinski definition) is 0. The van der Waals surface area contributed by atoms with Gasteiger partial charge in [0.15, 0.2) is 0 Å². The summed E-state index contributed by atoms with van der Waals surface area (Å²) in [7, 11) is 0. The first-order valence-electron chi connectivity index (χ1n) is 4.16. The van der Waals surface area contributed by atoms with Crippen LogP contribution in [0.1, 0.15) is 16.0 Å². The Morgan fingerprint density at radius 2 is 2.38 bits per heavy atom.